The van der Waals surface area contributed by atoms with Crippen LogP contribution in [0, 0.1) is 5.41 Å². The molecule has 0 aliphatic carbocycles. The average molecular weight is 311 g/mol. The molecule has 7 nitrogen and oxygen atoms in total. The standard InChI is InChI=1S/C13H17N3O4S/c1-13(19)10(18)8(3-17)20-11(13)9-7-2-6(4-21-9)12(14)16-5-15-7/h2,5,8-11,14,17-19H,3-4H2,1H3. The van der Waals surface area contributed by atoms with Gasteiger partial charge in [0.1, 0.15) is 35.7 Å². The highest BCUT2D eigenvalue weighted by Crippen LogP contribution is 2.46. The molecule has 3 heterocycles. The molecule has 0 amide bonds. The highest BCUT2D eigenvalue weighted by Gasteiger charge is 2.55. The summed E-state index contributed by atoms with van der Waals surface area (Å²) < 4.78 is 5.66. The zero-order valence-corrected chi connectivity index (χ0v) is 12.2. The van der Waals surface area contributed by atoms with Crippen LogP contribution in [0.5, 0.6) is 0 Å². The van der Waals surface area contributed by atoms with Crippen molar-refractivity contribution in [1.29, 1.82) is 5.41 Å². The predicted molar refractivity (Wildman–Crippen MR) is 74.3 cm³/mol. The third kappa shape index (κ3) is 2.36. The number of hydrogen-bond donors (Lipinski definition) is 4. The molecule has 1 saturated heterocycles. The van der Waals surface area contributed by atoms with Gasteiger partial charge in [-0.1, -0.05) is 0 Å². The van der Waals surface area contributed by atoms with Crippen LogP contribution in [0.1, 0.15) is 23.4 Å². The number of nitrogens with one attached hydrogen (secondary N) is 1. The number of ether oxygens (including phenoxy) is 1. The summed E-state index contributed by atoms with van der Waals surface area (Å²) >= 11 is 1.49. The lowest BCUT2D eigenvalue weighted by Crippen LogP contribution is -2.47. The van der Waals surface area contributed by atoms with E-state index >= 15 is 0 Å². The van der Waals surface area contributed by atoms with Crippen molar-refractivity contribution in [3.05, 3.63) is 29.1 Å². The molecule has 1 fully saturated rings. The Morgan fingerprint density at radius 2 is 2.29 bits per heavy atom. The van der Waals surface area contributed by atoms with Crippen LogP contribution in [0.25, 0.3) is 0 Å². The number of aliphatic hydroxyl groups is 3. The van der Waals surface area contributed by atoms with Crippen LogP contribution < -0.4 is 5.49 Å². The van der Waals surface area contributed by atoms with Crippen molar-refractivity contribution >= 4 is 11.8 Å². The maximum atomic E-state index is 10.5. The quantitative estimate of drug-likeness (QED) is 0.559. The van der Waals surface area contributed by atoms with Crippen LogP contribution in [0.15, 0.2) is 12.4 Å². The van der Waals surface area contributed by atoms with E-state index in [0.29, 0.717) is 11.4 Å². The molecule has 0 spiro atoms. The summed E-state index contributed by atoms with van der Waals surface area (Å²) in [6.07, 6.45) is -1.33. The van der Waals surface area contributed by atoms with E-state index in [1.165, 1.54) is 25.0 Å². The van der Waals surface area contributed by atoms with Gasteiger partial charge in [-0.25, -0.2) is 9.97 Å². The van der Waals surface area contributed by atoms with Gasteiger partial charge in [0.25, 0.3) is 0 Å². The lowest BCUT2D eigenvalue weighted by molar-refractivity contribution is -0.0638. The SMILES string of the molecule is CC1(O)C(O)C(CO)OC1C1SCc2cc1ncnc2=N. The minimum atomic E-state index is -1.48. The smallest absolute Gasteiger partial charge is 0.150 e. The molecule has 114 valence electrons. The van der Waals surface area contributed by atoms with Gasteiger partial charge in [-0.3, -0.25) is 5.41 Å². The summed E-state index contributed by atoms with van der Waals surface area (Å²) in [5.41, 5.74) is 0.145. The normalized spacial score (nSPS) is 38.5. The fourth-order valence-electron chi connectivity index (χ4n) is 2.76. The third-order valence-corrected chi connectivity index (χ3v) is 5.36. The first-order chi connectivity index (χ1) is 9.95. The molecule has 0 saturated carbocycles. The molecule has 3 rings (SSSR count). The van der Waals surface area contributed by atoms with Crippen molar-refractivity contribution in [2.45, 2.75) is 41.8 Å². The van der Waals surface area contributed by atoms with Crippen LogP contribution >= 0.6 is 11.8 Å². The van der Waals surface area contributed by atoms with E-state index in [9.17, 15) is 15.3 Å². The fraction of sp³-hybridized carbons (Fsp3) is 0.615. The van der Waals surface area contributed by atoms with Gasteiger partial charge in [0.2, 0.25) is 0 Å². The van der Waals surface area contributed by atoms with Crippen molar-refractivity contribution in [3.8, 4) is 0 Å². The van der Waals surface area contributed by atoms with Crippen molar-refractivity contribution in [3.63, 3.8) is 0 Å². The molecule has 0 radical (unpaired) electrons. The van der Waals surface area contributed by atoms with Gasteiger partial charge >= 0.3 is 0 Å². The number of aromatic nitrogens is 2. The van der Waals surface area contributed by atoms with Crippen molar-refractivity contribution in [1.82, 2.24) is 9.97 Å². The Labute approximate surface area is 125 Å². The second-order valence-electron chi connectivity index (χ2n) is 5.50. The molecule has 5 atom stereocenters. The van der Waals surface area contributed by atoms with E-state index in [2.05, 4.69) is 9.97 Å². The minimum absolute atomic E-state index is 0.187. The van der Waals surface area contributed by atoms with Gasteiger partial charge < -0.3 is 20.1 Å². The molecule has 4 N–H and O–H groups in total. The zero-order valence-electron chi connectivity index (χ0n) is 11.4. The molecule has 5 unspecified atom stereocenters. The Morgan fingerprint density at radius 3 is 2.95 bits per heavy atom. The first kappa shape index (κ1) is 14.9. The topological polar surface area (TPSA) is 120 Å². The minimum Gasteiger partial charge on any atom is -0.394 e. The fourth-order valence-corrected chi connectivity index (χ4v) is 4.15. The van der Waals surface area contributed by atoms with E-state index in [4.69, 9.17) is 10.1 Å². The van der Waals surface area contributed by atoms with E-state index in [-0.39, 0.29) is 17.3 Å². The molecular formula is C13H17N3O4S. The molecule has 8 heteroatoms. The lowest BCUT2D eigenvalue weighted by atomic mass is 9.90. The van der Waals surface area contributed by atoms with Gasteiger partial charge in [-0.2, -0.15) is 0 Å². The Balaban J connectivity index is 1.98. The summed E-state index contributed by atoms with van der Waals surface area (Å²) in [7, 11) is 0. The van der Waals surface area contributed by atoms with E-state index < -0.39 is 23.9 Å². The second kappa shape index (κ2) is 5.29. The predicted octanol–water partition coefficient (Wildman–Crippen LogP) is -0.884. The molecular weight excluding hydrogens is 294 g/mol. The van der Waals surface area contributed by atoms with Crippen molar-refractivity contribution in [2.24, 2.45) is 0 Å². The lowest BCUT2D eigenvalue weighted by Gasteiger charge is -2.33. The summed E-state index contributed by atoms with van der Waals surface area (Å²) in [6, 6.07) is 1.79. The summed E-state index contributed by atoms with van der Waals surface area (Å²) in [5, 5.41) is 37.3. The maximum absolute atomic E-state index is 10.5. The maximum Gasteiger partial charge on any atom is 0.150 e. The van der Waals surface area contributed by atoms with Gasteiger partial charge in [0.15, 0.2) is 0 Å². The van der Waals surface area contributed by atoms with Gasteiger partial charge in [0.05, 0.1) is 17.6 Å². The number of rotatable bonds is 2. The number of nitrogens with zero attached hydrogens (tertiary/aromatic N) is 2. The Hall–Kier alpha value is -1.06. The second-order valence-corrected chi connectivity index (χ2v) is 6.63. The van der Waals surface area contributed by atoms with Crippen LogP contribution in [0.2, 0.25) is 0 Å². The molecule has 0 aromatic carbocycles. The van der Waals surface area contributed by atoms with Crippen molar-refractivity contribution in [2.75, 3.05) is 6.61 Å². The highest BCUT2D eigenvalue weighted by atomic mass is 32.2. The first-order valence-corrected chi connectivity index (χ1v) is 7.68. The molecule has 1 aromatic rings. The van der Waals surface area contributed by atoms with Gasteiger partial charge in [-0.15, -0.1) is 11.8 Å². The van der Waals surface area contributed by atoms with Crippen LogP contribution in [-0.4, -0.2) is 55.8 Å². The zero-order chi connectivity index (χ0) is 15.2. The van der Waals surface area contributed by atoms with Crippen LogP contribution in [0.4, 0.5) is 0 Å². The molecule has 21 heavy (non-hydrogen) atoms. The number of fused-ring (bicyclic) bond motifs is 2. The third-order valence-electron chi connectivity index (χ3n) is 4.03. The summed E-state index contributed by atoms with van der Waals surface area (Å²) in [4.78, 5) is 8.12. The number of hydrogen-bond acceptors (Lipinski definition) is 8. The van der Waals surface area contributed by atoms with Crippen molar-refractivity contribution < 1.29 is 20.1 Å². The Kier molecular flexibility index (Phi) is 3.74. The highest BCUT2D eigenvalue weighted by molar-refractivity contribution is 7.98. The largest absolute Gasteiger partial charge is 0.394 e. The molecule has 2 bridgehead atoms. The van der Waals surface area contributed by atoms with Gasteiger partial charge in [0, 0.05) is 11.3 Å². The van der Waals surface area contributed by atoms with E-state index in [1.807, 2.05) is 0 Å². The Morgan fingerprint density at radius 1 is 1.52 bits per heavy atom. The van der Waals surface area contributed by atoms with E-state index in [1.54, 1.807) is 6.07 Å². The number of thioether (sulfide) groups is 1. The van der Waals surface area contributed by atoms with E-state index in [0.717, 1.165) is 5.56 Å². The number of aliphatic hydroxyl groups excluding tert-OH is 2. The first-order valence-electron chi connectivity index (χ1n) is 6.63. The molecule has 1 aromatic heterocycles. The summed E-state index contributed by atoms with van der Waals surface area (Å²) in [5.74, 6) is 0.565. The van der Waals surface area contributed by atoms with Gasteiger partial charge in [-0.05, 0) is 13.0 Å². The molecule has 2 aliphatic heterocycles. The Bertz CT molecular complexity index is 612. The van der Waals surface area contributed by atoms with Crippen LogP contribution in [-0.2, 0) is 10.5 Å². The molecule has 2 aliphatic rings. The average Bonchev–Trinajstić information content (AvgIpc) is 2.60. The van der Waals surface area contributed by atoms with Crippen LogP contribution in [0.3, 0.4) is 0 Å². The summed E-state index contributed by atoms with van der Waals surface area (Å²) in [6.45, 7) is 1.15. The monoisotopic (exact) mass is 311 g/mol.